The maximum Gasteiger partial charge on any atom is 0.252 e. The minimum absolute atomic E-state index is 0.186. The zero-order chi connectivity index (χ0) is 16.7. The highest BCUT2D eigenvalue weighted by Crippen LogP contribution is 2.21. The van der Waals surface area contributed by atoms with Gasteiger partial charge < -0.3 is 5.32 Å². The van der Waals surface area contributed by atoms with Crippen LogP contribution in [0, 0.1) is 11.3 Å². The first-order chi connectivity index (χ1) is 11.1. The lowest BCUT2D eigenvalue weighted by atomic mass is 10.1. The molecular weight excluding hydrogens is 396 g/mol. The third-order valence-electron chi connectivity index (χ3n) is 3.10. The van der Waals surface area contributed by atoms with Gasteiger partial charge in [-0.15, -0.1) is 0 Å². The average molecular weight is 410 g/mol. The highest BCUT2D eigenvalue weighted by atomic mass is 79.9. The summed E-state index contributed by atoms with van der Waals surface area (Å²) in [6.45, 7) is 0.543. The fraction of sp³-hybridized carbons (Fsp3) is 0.176. The Bertz CT molecular complexity index is 746. The van der Waals surface area contributed by atoms with Gasteiger partial charge in [-0.05, 0) is 29.8 Å². The first-order valence-corrected chi connectivity index (χ1v) is 9.23. The molecule has 0 saturated carbocycles. The third kappa shape index (κ3) is 5.28. The van der Waals surface area contributed by atoms with Crippen LogP contribution in [0.3, 0.4) is 0 Å². The van der Waals surface area contributed by atoms with E-state index in [1.807, 2.05) is 24.3 Å². The molecule has 2 aromatic rings. The molecule has 0 heterocycles. The van der Waals surface area contributed by atoms with Gasteiger partial charge in [0.15, 0.2) is 0 Å². The lowest BCUT2D eigenvalue weighted by Crippen LogP contribution is -2.26. The van der Waals surface area contributed by atoms with Crippen LogP contribution >= 0.6 is 39.3 Å². The molecule has 1 N–H and O–H groups in total. The first-order valence-electron chi connectivity index (χ1n) is 6.91. The van der Waals surface area contributed by atoms with Crippen LogP contribution in [0.4, 0.5) is 0 Å². The number of hydrogen-bond acceptors (Lipinski definition) is 3. The van der Waals surface area contributed by atoms with E-state index in [4.69, 9.17) is 16.9 Å². The van der Waals surface area contributed by atoms with Crippen molar-refractivity contribution in [1.82, 2.24) is 5.32 Å². The number of nitrogens with one attached hydrogen (secondary N) is 1. The maximum atomic E-state index is 12.1. The number of rotatable bonds is 6. The van der Waals surface area contributed by atoms with Gasteiger partial charge in [0.25, 0.3) is 5.91 Å². The number of benzene rings is 2. The summed E-state index contributed by atoms with van der Waals surface area (Å²) in [7, 11) is 0. The van der Waals surface area contributed by atoms with Gasteiger partial charge in [-0.25, -0.2) is 0 Å². The largest absolute Gasteiger partial charge is 0.351 e. The van der Waals surface area contributed by atoms with Crippen molar-refractivity contribution in [2.24, 2.45) is 0 Å². The SMILES string of the molecule is N#Cc1ccccc1CSCCNC(=O)c1cc(Br)ccc1Cl. The fourth-order valence-corrected chi connectivity index (χ4v) is 3.37. The van der Waals surface area contributed by atoms with Crippen LogP contribution in [0.1, 0.15) is 21.5 Å². The van der Waals surface area contributed by atoms with Crippen molar-refractivity contribution in [3.8, 4) is 6.07 Å². The van der Waals surface area contributed by atoms with Crippen LogP contribution in [0.25, 0.3) is 0 Å². The molecule has 0 spiro atoms. The second kappa shape index (κ2) is 8.97. The molecular formula is C17H14BrClN2OS. The van der Waals surface area contributed by atoms with E-state index in [1.165, 1.54) is 0 Å². The van der Waals surface area contributed by atoms with Gasteiger partial charge in [-0.2, -0.15) is 17.0 Å². The molecule has 0 fully saturated rings. The van der Waals surface area contributed by atoms with E-state index >= 15 is 0 Å². The van der Waals surface area contributed by atoms with Crippen LogP contribution in [-0.2, 0) is 5.75 Å². The Hall–Kier alpha value is -1.48. The lowest BCUT2D eigenvalue weighted by molar-refractivity contribution is 0.0956. The number of halogens is 2. The summed E-state index contributed by atoms with van der Waals surface area (Å²) in [4.78, 5) is 12.1. The molecule has 0 atom stereocenters. The summed E-state index contributed by atoms with van der Waals surface area (Å²) in [5.74, 6) is 1.32. The smallest absolute Gasteiger partial charge is 0.252 e. The number of nitrogens with zero attached hydrogens (tertiary/aromatic N) is 1. The van der Waals surface area contributed by atoms with Gasteiger partial charge in [-0.3, -0.25) is 4.79 Å². The predicted molar refractivity (Wildman–Crippen MR) is 98.8 cm³/mol. The van der Waals surface area contributed by atoms with Gasteiger partial charge in [0.05, 0.1) is 22.2 Å². The van der Waals surface area contributed by atoms with E-state index in [-0.39, 0.29) is 5.91 Å². The Morgan fingerprint density at radius 3 is 2.87 bits per heavy atom. The summed E-state index contributed by atoms with van der Waals surface area (Å²) >= 11 is 11.0. The van der Waals surface area contributed by atoms with Crippen LogP contribution in [0.5, 0.6) is 0 Å². The summed E-state index contributed by atoms with van der Waals surface area (Å²) in [6, 6.07) is 14.9. The van der Waals surface area contributed by atoms with Crippen molar-refractivity contribution in [1.29, 1.82) is 5.26 Å². The molecule has 0 unspecified atom stereocenters. The quantitative estimate of drug-likeness (QED) is 0.707. The van der Waals surface area contributed by atoms with Crippen molar-refractivity contribution in [2.45, 2.75) is 5.75 Å². The molecule has 2 rings (SSSR count). The fourth-order valence-electron chi connectivity index (χ4n) is 1.94. The topological polar surface area (TPSA) is 52.9 Å². The molecule has 1 amide bonds. The first kappa shape index (κ1) is 17.9. The standard InChI is InChI=1S/C17H14BrClN2OS/c18-14-5-6-16(19)15(9-14)17(22)21-7-8-23-11-13-4-2-1-3-12(13)10-20/h1-6,9H,7-8,11H2,(H,21,22). The monoisotopic (exact) mass is 408 g/mol. The summed E-state index contributed by atoms with van der Waals surface area (Å²) in [5, 5.41) is 12.3. The molecule has 2 aromatic carbocycles. The molecule has 0 aromatic heterocycles. The van der Waals surface area contributed by atoms with E-state index in [0.29, 0.717) is 22.7 Å². The van der Waals surface area contributed by atoms with Crippen molar-refractivity contribution in [3.05, 3.63) is 68.7 Å². The van der Waals surface area contributed by atoms with Gasteiger partial charge in [0.2, 0.25) is 0 Å². The Morgan fingerprint density at radius 1 is 1.30 bits per heavy atom. The molecule has 0 radical (unpaired) electrons. The molecule has 0 aliphatic heterocycles. The lowest BCUT2D eigenvalue weighted by Gasteiger charge is -2.08. The van der Waals surface area contributed by atoms with E-state index in [0.717, 1.165) is 21.5 Å². The van der Waals surface area contributed by atoms with Crippen molar-refractivity contribution < 1.29 is 4.79 Å². The van der Waals surface area contributed by atoms with E-state index in [9.17, 15) is 4.79 Å². The van der Waals surface area contributed by atoms with Crippen molar-refractivity contribution in [3.63, 3.8) is 0 Å². The zero-order valence-corrected chi connectivity index (χ0v) is 15.3. The molecule has 0 bridgehead atoms. The Morgan fingerprint density at radius 2 is 2.09 bits per heavy atom. The summed E-state index contributed by atoms with van der Waals surface area (Å²) < 4.78 is 0.814. The number of hydrogen-bond donors (Lipinski definition) is 1. The van der Waals surface area contributed by atoms with E-state index in [1.54, 1.807) is 30.0 Å². The van der Waals surface area contributed by atoms with Gasteiger partial charge >= 0.3 is 0 Å². The average Bonchev–Trinajstić information content (AvgIpc) is 2.57. The Labute approximate surface area is 153 Å². The molecule has 6 heteroatoms. The number of carbonyl (C=O) groups excluding carboxylic acids is 1. The molecule has 118 valence electrons. The number of amides is 1. The minimum Gasteiger partial charge on any atom is -0.351 e. The molecule has 0 aliphatic carbocycles. The van der Waals surface area contributed by atoms with Gasteiger partial charge in [0.1, 0.15) is 0 Å². The Balaban J connectivity index is 1.78. The third-order valence-corrected chi connectivity index (χ3v) is 4.93. The number of thioether (sulfide) groups is 1. The van der Waals surface area contributed by atoms with E-state index < -0.39 is 0 Å². The van der Waals surface area contributed by atoms with Crippen LogP contribution in [-0.4, -0.2) is 18.2 Å². The number of nitriles is 1. The number of carbonyl (C=O) groups is 1. The molecule has 0 aliphatic rings. The predicted octanol–water partition coefficient (Wildman–Crippen LogP) is 4.64. The summed E-state index contributed by atoms with van der Waals surface area (Å²) in [6.07, 6.45) is 0. The highest BCUT2D eigenvalue weighted by molar-refractivity contribution is 9.10. The minimum atomic E-state index is -0.186. The maximum absolute atomic E-state index is 12.1. The second-order valence-corrected chi connectivity index (χ2v) is 7.13. The highest BCUT2D eigenvalue weighted by Gasteiger charge is 2.10. The van der Waals surface area contributed by atoms with Crippen molar-refractivity contribution >= 4 is 45.2 Å². The normalized spacial score (nSPS) is 10.1. The van der Waals surface area contributed by atoms with Gasteiger partial charge in [-0.1, -0.05) is 45.7 Å². The van der Waals surface area contributed by atoms with Crippen molar-refractivity contribution in [2.75, 3.05) is 12.3 Å². The molecule has 3 nitrogen and oxygen atoms in total. The molecule has 23 heavy (non-hydrogen) atoms. The van der Waals surface area contributed by atoms with Crippen LogP contribution < -0.4 is 5.32 Å². The second-order valence-electron chi connectivity index (χ2n) is 4.70. The Kier molecular flexibility index (Phi) is 6.97. The zero-order valence-electron chi connectivity index (χ0n) is 12.2. The van der Waals surface area contributed by atoms with Crippen LogP contribution in [0.2, 0.25) is 5.02 Å². The van der Waals surface area contributed by atoms with Crippen LogP contribution in [0.15, 0.2) is 46.9 Å². The van der Waals surface area contributed by atoms with Gasteiger partial charge in [0, 0.05) is 22.5 Å². The molecule has 0 saturated heterocycles. The van der Waals surface area contributed by atoms with E-state index in [2.05, 4.69) is 27.3 Å². The summed E-state index contributed by atoms with van der Waals surface area (Å²) in [5.41, 5.74) is 2.17.